The van der Waals surface area contributed by atoms with Gasteiger partial charge in [-0.2, -0.15) is 5.10 Å². The zero-order chi connectivity index (χ0) is 16.9. The molecular weight excluding hydrogens is 310 g/mol. The maximum absolute atomic E-state index is 15.2. The van der Waals surface area contributed by atoms with Gasteiger partial charge in [-0.3, -0.25) is 4.79 Å². The van der Waals surface area contributed by atoms with E-state index in [0.717, 1.165) is 28.9 Å². The fourth-order valence-corrected chi connectivity index (χ4v) is 4.05. The third kappa shape index (κ3) is 2.00. The van der Waals surface area contributed by atoms with E-state index in [4.69, 9.17) is 0 Å². The van der Waals surface area contributed by atoms with E-state index in [1.807, 2.05) is 13.0 Å². The zero-order valence-electron chi connectivity index (χ0n) is 13.4. The van der Waals surface area contributed by atoms with Crippen LogP contribution in [-0.4, -0.2) is 21.7 Å². The first kappa shape index (κ1) is 15.2. The summed E-state index contributed by atoms with van der Waals surface area (Å²) in [6.07, 6.45) is 6.33. The lowest BCUT2D eigenvalue weighted by molar-refractivity contribution is -0.126. The molecule has 2 aliphatic carbocycles. The molecule has 3 nitrogen and oxygen atoms in total. The Bertz CT molecular complexity index is 840. The standard InChI is InChI=1S/C19H18F2N2O/c1-18-10-13-11-22-23(16-6-4-15(20)5-7-16)17(13)9-14(18)3-2-8-19(18,21)12-24/h4-7,9,11-12H,2-3,8,10H2,1H3/t18-,19+/m0/s1. The molecule has 1 heterocycles. The van der Waals surface area contributed by atoms with Gasteiger partial charge < -0.3 is 0 Å². The normalized spacial score (nSPS) is 28.7. The number of halogens is 2. The first-order valence-corrected chi connectivity index (χ1v) is 8.16. The molecule has 2 aliphatic rings. The van der Waals surface area contributed by atoms with Crippen molar-refractivity contribution in [3.8, 4) is 5.69 Å². The lowest BCUT2D eigenvalue weighted by Gasteiger charge is -2.47. The minimum absolute atomic E-state index is 0.270. The zero-order valence-corrected chi connectivity index (χ0v) is 13.4. The van der Waals surface area contributed by atoms with Crippen LogP contribution in [0.25, 0.3) is 11.8 Å². The van der Waals surface area contributed by atoms with Crippen molar-refractivity contribution in [1.82, 2.24) is 9.78 Å². The van der Waals surface area contributed by atoms with E-state index in [9.17, 15) is 9.18 Å². The van der Waals surface area contributed by atoms with E-state index in [2.05, 4.69) is 5.10 Å². The molecule has 24 heavy (non-hydrogen) atoms. The van der Waals surface area contributed by atoms with Gasteiger partial charge in [-0.1, -0.05) is 12.5 Å². The first-order chi connectivity index (χ1) is 11.5. The maximum Gasteiger partial charge on any atom is 0.175 e. The van der Waals surface area contributed by atoms with Crippen molar-refractivity contribution in [1.29, 1.82) is 0 Å². The van der Waals surface area contributed by atoms with Gasteiger partial charge in [0.15, 0.2) is 12.0 Å². The maximum atomic E-state index is 15.2. The van der Waals surface area contributed by atoms with Crippen LogP contribution in [0.5, 0.6) is 0 Å². The molecule has 5 heteroatoms. The number of nitrogens with zero attached hydrogens (tertiary/aromatic N) is 2. The van der Waals surface area contributed by atoms with E-state index >= 15 is 4.39 Å². The molecule has 0 spiro atoms. The molecule has 2 atom stereocenters. The number of hydrogen-bond acceptors (Lipinski definition) is 2. The number of hydrogen-bond donors (Lipinski definition) is 0. The van der Waals surface area contributed by atoms with Gasteiger partial charge in [-0.15, -0.1) is 0 Å². The van der Waals surface area contributed by atoms with Crippen molar-refractivity contribution in [2.24, 2.45) is 5.41 Å². The van der Waals surface area contributed by atoms with Crippen molar-refractivity contribution < 1.29 is 13.6 Å². The largest absolute Gasteiger partial charge is 0.300 e. The van der Waals surface area contributed by atoms with Crippen LogP contribution < -0.4 is 0 Å². The molecule has 1 saturated carbocycles. The molecule has 0 radical (unpaired) electrons. The van der Waals surface area contributed by atoms with E-state index in [1.54, 1.807) is 23.0 Å². The Balaban J connectivity index is 1.82. The quantitative estimate of drug-likeness (QED) is 0.780. The van der Waals surface area contributed by atoms with E-state index in [1.165, 1.54) is 12.1 Å². The lowest BCUT2D eigenvalue weighted by Crippen LogP contribution is -2.50. The second kappa shape index (κ2) is 5.10. The van der Waals surface area contributed by atoms with Crippen LogP contribution in [0.1, 0.15) is 37.4 Å². The summed E-state index contributed by atoms with van der Waals surface area (Å²) >= 11 is 0. The number of carbonyl (C=O) groups excluding carboxylic acids is 1. The SMILES string of the molecule is C[C@]12Cc3cnn(-c4ccc(F)cc4)c3C=C1CCC[C@@]2(F)C=O. The highest BCUT2D eigenvalue weighted by Gasteiger charge is 2.54. The van der Waals surface area contributed by atoms with Crippen LogP contribution in [0.4, 0.5) is 8.78 Å². The van der Waals surface area contributed by atoms with Gasteiger partial charge in [0.2, 0.25) is 0 Å². The number of rotatable bonds is 2. The van der Waals surface area contributed by atoms with Crippen molar-refractivity contribution >= 4 is 12.4 Å². The number of aldehydes is 1. The minimum Gasteiger partial charge on any atom is -0.300 e. The molecule has 124 valence electrons. The van der Waals surface area contributed by atoms with Gasteiger partial charge in [-0.25, -0.2) is 13.5 Å². The number of benzene rings is 1. The van der Waals surface area contributed by atoms with Crippen LogP contribution in [-0.2, 0) is 11.2 Å². The summed E-state index contributed by atoms with van der Waals surface area (Å²) in [5, 5.41) is 4.40. The van der Waals surface area contributed by atoms with E-state index < -0.39 is 11.1 Å². The fraction of sp³-hybridized carbons (Fsp3) is 0.368. The summed E-state index contributed by atoms with van der Waals surface area (Å²) in [5.74, 6) is -0.300. The highest BCUT2D eigenvalue weighted by Crippen LogP contribution is 2.54. The third-order valence-corrected chi connectivity index (χ3v) is 5.61. The van der Waals surface area contributed by atoms with Crippen molar-refractivity contribution in [2.75, 3.05) is 0 Å². The first-order valence-electron chi connectivity index (χ1n) is 8.16. The molecule has 0 saturated heterocycles. The Labute approximate surface area is 139 Å². The molecular formula is C19H18F2N2O. The van der Waals surface area contributed by atoms with Crippen LogP contribution in [0, 0.1) is 11.2 Å². The summed E-state index contributed by atoms with van der Waals surface area (Å²) in [6, 6.07) is 6.12. The van der Waals surface area contributed by atoms with Gasteiger partial charge in [0.25, 0.3) is 0 Å². The number of aromatic nitrogens is 2. The van der Waals surface area contributed by atoms with Crippen LogP contribution in [0.15, 0.2) is 36.0 Å². The van der Waals surface area contributed by atoms with E-state index in [0.29, 0.717) is 19.1 Å². The average Bonchev–Trinajstić information content (AvgIpc) is 2.97. The molecule has 0 aliphatic heterocycles. The average molecular weight is 328 g/mol. The number of allylic oxidation sites excluding steroid dienone is 1. The summed E-state index contributed by atoms with van der Waals surface area (Å²) in [6.45, 7) is 1.84. The molecule has 1 fully saturated rings. The predicted octanol–water partition coefficient (Wildman–Crippen LogP) is 4.05. The smallest absolute Gasteiger partial charge is 0.175 e. The van der Waals surface area contributed by atoms with Gasteiger partial charge >= 0.3 is 0 Å². The van der Waals surface area contributed by atoms with Crippen LogP contribution in [0.2, 0.25) is 0 Å². The molecule has 1 aromatic carbocycles. The van der Waals surface area contributed by atoms with Gasteiger partial charge in [0.05, 0.1) is 17.6 Å². The fourth-order valence-electron chi connectivity index (χ4n) is 4.05. The summed E-state index contributed by atoms with van der Waals surface area (Å²) in [4.78, 5) is 11.5. The molecule has 4 rings (SSSR count). The van der Waals surface area contributed by atoms with Crippen molar-refractivity contribution in [2.45, 2.75) is 38.3 Å². The molecule has 0 unspecified atom stereocenters. The summed E-state index contributed by atoms with van der Waals surface area (Å²) < 4.78 is 30.1. The second-order valence-corrected chi connectivity index (χ2v) is 6.96. The Morgan fingerprint density at radius 3 is 2.75 bits per heavy atom. The minimum atomic E-state index is -1.83. The van der Waals surface area contributed by atoms with Gasteiger partial charge in [-0.05, 0) is 61.6 Å². The Kier molecular flexibility index (Phi) is 3.24. The topological polar surface area (TPSA) is 34.9 Å². The number of alkyl halides is 1. The Morgan fingerprint density at radius 1 is 1.29 bits per heavy atom. The van der Waals surface area contributed by atoms with Gasteiger partial charge in [0.1, 0.15) is 5.82 Å². The molecule has 1 aromatic heterocycles. The van der Waals surface area contributed by atoms with Crippen LogP contribution >= 0.6 is 0 Å². The molecule has 0 N–H and O–H groups in total. The summed E-state index contributed by atoms with van der Waals surface area (Å²) in [5.41, 5.74) is 0.889. The highest BCUT2D eigenvalue weighted by atomic mass is 19.1. The Morgan fingerprint density at radius 2 is 2.04 bits per heavy atom. The van der Waals surface area contributed by atoms with Crippen LogP contribution in [0.3, 0.4) is 0 Å². The third-order valence-electron chi connectivity index (χ3n) is 5.61. The predicted molar refractivity (Wildman–Crippen MR) is 87.1 cm³/mol. The second-order valence-electron chi connectivity index (χ2n) is 6.96. The Hall–Kier alpha value is -2.30. The lowest BCUT2D eigenvalue weighted by atomic mass is 9.58. The molecule has 2 aromatic rings. The van der Waals surface area contributed by atoms with E-state index in [-0.39, 0.29) is 12.2 Å². The molecule has 0 bridgehead atoms. The highest BCUT2D eigenvalue weighted by molar-refractivity contribution is 5.71. The monoisotopic (exact) mass is 328 g/mol. The number of carbonyl (C=O) groups is 1. The number of fused-ring (bicyclic) bond motifs is 2. The van der Waals surface area contributed by atoms with Crippen molar-refractivity contribution in [3.63, 3.8) is 0 Å². The van der Waals surface area contributed by atoms with Gasteiger partial charge in [0, 0.05) is 5.41 Å². The summed E-state index contributed by atoms with van der Waals surface area (Å²) in [7, 11) is 0. The molecule has 0 amide bonds. The van der Waals surface area contributed by atoms with Crippen molar-refractivity contribution in [3.05, 3.63) is 53.1 Å².